The fourth-order valence-electron chi connectivity index (χ4n) is 1.61. The van der Waals surface area contributed by atoms with Gasteiger partial charge in [-0.1, -0.05) is 0 Å². The van der Waals surface area contributed by atoms with Crippen molar-refractivity contribution in [1.29, 1.82) is 0 Å². The Kier molecular flexibility index (Phi) is 8.66. The third kappa shape index (κ3) is 12.8. The molecule has 0 aromatic heterocycles. The summed E-state index contributed by atoms with van der Waals surface area (Å²) in [7, 11) is 0.210. The number of hydrogen-bond donors (Lipinski definition) is 0. The van der Waals surface area contributed by atoms with Gasteiger partial charge in [-0.3, -0.25) is 0 Å². The van der Waals surface area contributed by atoms with E-state index in [-0.39, 0.29) is 9.52 Å². The van der Waals surface area contributed by atoms with Gasteiger partial charge in [0.2, 0.25) is 0 Å². The molecule has 0 N–H and O–H groups in total. The molecule has 0 aliphatic carbocycles. The van der Waals surface area contributed by atoms with Gasteiger partial charge in [0, 0.05) is 0 Å². The Labute approximate surface area is 96.3 Å². The van der Waals surface area contributed by atoms with Crippen molar-refractivity contribution in [2.75, 3.05) is 0 Å². The second kappa shape index (κ2) is 8.15. The Morgan fingerprint density at radius 3 is 2.08 bits per heavy atom. The van der Waals surface area contributed by atoms with E-state index in [1.807, 2.05) is 0 Å². The van der Waals surface area contributed by atoms with Crippen LogP contribution in [-0.4, -0.2) is 27.2 Å². The molecule has 0 aromatic rings. The first-order valence-electron chi connectivity index (χ1n) is 6.06. The molecule has 0 heterocycles. The third-order valence-electron chi connectivity index (χ3n) is 2.53. The van der Waals surface area contributed by atoms with Crippen LogP contribution in [-0.2, 0) is 0 Å². The zero-order chi connectivity index (χ0) is 10.2. The summed E-state index contributed by atoms with van der Waals surface area (Å²) in [6.45, 7) is 7.08. The van der Waals surface area contributed by atoms with E-state index in [2.05, 4.69) is 38.5 Å². The van der Waals surface area contributed by atoms with Crippen molar-refractivity contribution in [3.05, 3.63) is 0 Å². The summed E-state index contributed by atoms with van der Waals surface area (Å²) in [6.07, 6.45) is 8.75. The van der Waals surface area contributed by atoms with E-state index in [9.17, 15) is 0 Å². The van der Waals surface area contributed by atoms with Crippen LogP contribution in [0.4, 0.5) is 0 Å². The van der Waals surface area contributed by atoms with Crippen molar-refractivity contribution in [1.82, 2.24) is 0 Å². The molecule has 0 saturated carbocycles. The van der Waals surface area contributed by atoms with Gasteiger partial charge in [0.25, 0.3) is 0 Å². The Hall–Kier alpha value is 0.814. The third-order valence-corrected chi connectivity index (χ3v) is 4.88. The van der Waals surface area contributed by atoms with Gasteiger partial charge in [0.05, 0.1) is 0 Å². The predicted molar refractivity (Wildman–Crippen MR) is 66.5 cm³/mol. The monoisotopic (exact) mass is 192 g/mol. The molecule has 13 heavy (non-hydrogen) atoms. The molecule has 2 heteroatoms. The molecular weight excluding hydrogens is 167 g/mol. The number of unbranched alkanes of at least 4 members (excludes halogenated alkanes) is 5. The van der Waals surface area contributed by atoms with E-state index < -0.39 is 0 Å². The van der Waals surface area contributed by atoms with Crippen molar-refractivity contribution in [3.63, 3.8) is 0 Å². The summed E-state index contributed by atoms with van der Waals surface area (Å²) < 4.78 is 0.684. The van der Waals surface area contributed by atoms with Gasteiger partial charge in [-0.2, -0.15) is 0 Å². The minimum atomic E-state index is 0.210. The maximum absolute atomic E-state index is 2.40. The molecule has 0 aliphatic heterocycles. The molecular formula is C11H25LiSi. The molecule has 0 nitrogen and oxygen atoms in total. The van der Waals surface area contributed by atoms with Crippen molar-refractivity contribution in [3.8, 4) is 0 Å². The van der Waals surface area contributed by atoms with Gasteiger partial charge in [-0.05, 0) is 0 Å². The van der Waals surface area contributed by atoms with Crippen LogP contribution in [0.3, 0.4) is 0 Å². The van der Waals surface area contributed by atoms with Crippen LogP contribution in [0.25, 0.3) is 0 Å². The van der Waals surface area contributed by atoms with Gasteiger partial charge in [0.1, 0.15) is 0 Å². The molecule has 0 bridgehead atoms. The summed E-state index contributed by atoms with van der Waals surface area (Å²) in [4.78, 5) is 0. The van der Waals surface area contributed by atoms with Gasteiger partial charge in [-0.15, -0.1) is 0 Å². The Morgan fingerprint density at radius 1 is 1.00 bits per heavy atom. The van der Waals surface area contributed by atoms with Crippen molar-refractivity contribution in [2.24, 2.45) is 0 Å². The van der Waals surface area contributed by atoms with Crippen molar-refractivity contribution in [2.45, 2.75) is 69.1 Å². The van der Waals surface area contributed by atoms with Crippen LogP contribution in [0.1, 0.15) is 59.3 Å². The number of hydrogen-bond acceptors (Lipinski definition) is 0. The summed E-state index contributed by atoms with van der Waals surface area (Å²) in [5, 5.41) is 0. The molecule has 0 amide bonds. The maximum atomic E-state index is 2.40. The molecule has 0 fully saturated rings. The van der Waals surface area contributed by atoms with Gasteiger partial charge < -0.3 is 0 Å². The second-order valence-electron chi connectivity index (χ2n) is 5.43. The van der Waals surface area contributed by atoms with Crippen LogP contribution >= 0.6 is 0 Å². The average Bonchev–Trinajstić information content (AvgIpc) is 2.01. The first-order chi connectivity index (χ1) is 6.06. The normalized spacial score (nSPS) is 13.0. The minimum absolute atomic E-state index is 0.210. The molecule has 0 aromatic carbocycles. The quantitative estimate of drug-likeness (QED) is 0.409. The van der Waals surface area contributed by atoms with E-state index in [4.69, 9.17) is 0 Å². The van der Waals surface area contributed by atoms with Gasteiger partial charge in [-0.25, -0.2) is 0 Å². The van der Waals surface area contributed by atoms with E-state index in [0.717, 1.165) is 0 Å². The zero-order valence-electron chi connectivity index (χ0n) is 10.2. The average molecular weight is 192 g/mol. The number of rotatable bonds is 8. The Bertz CT molecular complexity index is 107. The zero-order valence-corrected chi connectivity index (χ0v) is 11.6. The molecule has 74 valence electrons. The standard InChI is InChI=1S/C11H25Si.Li/c1-4-5-6-7-8-9-10-12-11(2)3;/h4-10,12H2,1-3H3;. The van der Waals surface area contributed by atoms with Crippen LogP contribution in [0, 0.1) is 0 Å². The first kappa shape index (κ1) is 13.8. The van der Waals surface area contributed by atoms with Crippen molar-refractivity contribution >= 4 is 27.2 Å². The fourth-order valence-corrected chi connectivity index (χ4v) is 3.28. The summed E-state index contributed by atoms with van der Waals surface area (Å²) in [5.41, 5.74) is 0. The molecule has 0 unspecified atom stereocenters. The Morgan fingerprint density at radius 2 is 1.54 bits per heavy atom. The molecule has 0 atom stereocenters. The molecule has 0 rings (SSSR count). The summed E-state index contributed by atoms with van der Waals surface area (Å²) >= 11 is 2.40. The van der Waals surface area contributed by atoms with E-state index in [1.165, 1.54) is 38.5 Å². The molecule has 0 saturated heterocycles. The van der Waals surface area contributed by atoms with Crippen molar-refractivity contribution < 1.29 is 0 Å². The molecule has 0 radical (unpaired) electrons. The molecule has 0 spiro atoms. The fraction of sp³-hybridized carbons (Fsp3) is 1.00. The van der Waals surface area contributed by atoms with Crippen LogP contribution < -0.4 is 0 Å². The van der Waals surface area contributed by atoms with Gasteiger partial charge in [0.15, 0.2) is 0 Å². The summed E-state index contributed by atoms with van der Waals surface area (Å²) in [6, 6.07) is 1.57. The topological polar surface area (TPSA) is 0 Å². The SMILES string of the molecule is [Li][C](C)(C)[SiH2]CCCCCCCC. The Balaban J connectivity index is 3.00. The van der Waals surface area contributed by atoms with Crippen LogP contribution in [0.15, 0.2) is 0 Å². The summed E-state index contributed by atoms with van der Waals surface area (Å²) in [5.74, 6) is 0. The van der Waals surface area contributed by atoms with Crippen LogP contribution in [0.5, 0.6) is 0 Å². The first-order valence-corrected chi connectivity index (χ1v) is 7.77. The predicted octanol–water partition coefficient (Wildman–Crippen LogP) is 3.26. The van der Waals surface area contributed by atoms with Crippen LogP contribution in [0.2, 0.25) is 9.76 Å². The van der Waals surface area contributed by atoms with E-state index >= 15 is 0 Å². The van der Waals surface area contributed by atoms with E-state index in [0.29, 0.717) is 3.71 Å². The second-order valence-corrected chi connectivity index (χ2v) is 8.76. The van der Waals surface area contributed by atoms with Gasteiger partial charge >= 0.3 is 96.3 Å². The molecule has 0 aliphatic rings. The van der Waals surface area contributed by atoms with E-state index in [1.54, 1.807) is 6.04 Å².